The minimum Gasteiger partial charge on any atom is -1.00 e. The number of sulfonamides is 1. The second kappa shape index (κ2) is 17.5. The zero-order valence-corrected chi connectivity index (χ0v) is 21.8. The minimum atomic E-state index is -3.06. The van der Waals surface area contributed by atoms with E-state index in [9.17, 15) is 8.42 Å². The monoisotopic (exact) mass is 518 g/mol. The number of unbranched alkanes of at least 4 members (excludes halogenated alkanes) is 11. The van der Waals surface area contributed by atoms with Gasteiger partial charge in [-0.1, -0.05) is 77.6 Å². The molecule has 0 unspecified atom stereocenters. The fourth-order valence-corrected chi connectivity index (χ4v) is 4.48. The third-order valence-corrected chi connectivity index (χ3v) is 6.97. The molecule has 0 heterocycles. The highest BCUT2D eigenvalue weighted by Gasteiger charge is 2.18. The quantitative estimate of drug-likeness (QED) is 0.158. The molecule has 0 saturated heterocycles. The van der Waals surface area contributed by atoms with Crippen molar-refractivity contribution in [2.45, 2.75) is 90.4 Å². The summed E-state index contributed by atoms with van der Waals surface area (Å²) in [5.74, 6) is 0.311. The van der Waals surface area contributed by atoms with Crippen LogP contribution in [0.4, 0.5) is 0 Å². The molecule has 6 heteroatoms. The van der Waals surface area contributed by atoms with Crippen LogP contribution in [0.5, 0.6) is 0 Å². The number of nitrogens with zero attached hydrogens (tertiary/aromatic N) is 2. The van der Waals surface area contributed by atoms with Crippen molar-refractivity contribution in [3.8, 4) is 0 Å². The molecule has 27 heavy (non-hydrogen) atoms. The van der Waals surface area contributed by atoms with E-state index in [-0.39, 0.29) is 24.0 Å². The minimum absolute atomic E-state index is 0. The molecule has 0 saturated carbocycles. The average Bonchev–Trinajstić information content (AvgIpc) is 2.54. The normalized spacial score (nSPS) is 12.4. The van der Waals surface area contributed by atoms with Gasteiger partial charge in [-0.05, 0) is 6.42 Å². The Labute approximate surface area is 188 Å². The van der Waals surface area contributed by atoms with E-state index >= 15 is 0 Å². The third kappa shape index (κ3) is 19.7. The van der Waals surface area contributed by atoms with Gasteiger partial charge in [0.05, 0.1) is 33.4 Å². The summed E-state index contributed by atoms with van der Waals surface area (Å²) < 4.78 is 27.0. The molecule has 0 aliphatic heterocycles. The highest BCUT2D eigenvalue weighted by Crippen LogP contribution is 2.13. The summed E-state index contributed by atoms with van der Waals surface area (Å²) in [6, 6.07) is 0. The Hall–Kier alpha value is 0.600. The molecule has 0 spiro atoms. The number of hydrogen-bond donors (Lipinski definition) is 0. The molecular formula is C21H47IN2O2S. The summed E-state index contributed by atoms with van der Waals surface area (Å²) in [5, 5.41) is 0. The SMILES string of the molecule is CCCCCCCCCCCCCCS(=O)(=O)N(C)CCC[N+](C)(C)C.[I-]. The van der Waals surface area contributed by atoms with Crippen LogP contribution in [0.2, 0.25) is 0 Å². The molecule has 4 nitrogen and oxygen atoms in total. The van der Waals surface area contributed by atoms with Crippen LogP contribution in [0.15, 0.2) is 0 Å². The van der Waals surface area contributed by atoms with Gasteiger partial charge in [0.2, 0.25) is 10.0 Å². The van der Waals surface area contributed by atoms with Gasteiger partial charge in [0, 0.05) is 20.0 Å². The zero-order valence-electron chi connectivity index (χ0n) is 18.8. The molecule has 0 radical (unpaired) electrons. The molecule has 0 aromatic carbocycles. The molecule has 0 aliphatic rings. The number of rotatable bonds is 18. The van der Waals surface area contributed by atoms with Crippen LogP contribution < -0.4 is 24.0 Å². The van der Waals surface area contributed by atoms with Gasteiger partial charge >= 0.3 is 0 Å². The first-order chi connectivity index (χ1) is 12.2. The molecule has 0 N–H and O–H groups in total. The first-order valence-corrected chi connectivity index (χ1v) is 12.5. The Morgan fingerprint density at radius 1 is 0.704 bits per heavy atom. The smallest absolute Gasteiger partial charge is 0.213 e. The fourth-order valence-electron chi connectivity index (χ4n) is 3.19. The molecule has 0 rings (SSSR count). The molecule has 0 fully saturated rings. The Bertz CT molecular complexity index is 422. The van der Waals surface area contributed by atoms with Gasteiger partial charge in [0.25, 0.3) is 0 Å². The van der Waals surface area contributed by atoms with E-state index < -0.39 is 10.0 Å². The van der Waals surface area contributed by atoms with Gasteiger partial charge < -0.3 is 28.5 Å². The molecule has 0 atom stereocenters. The first-order valence-electron chi connectivity index (χ1n) is 10.9. The standard InChI is InChI=1S/C21H47N2O2S.HI/c1-6-7-8-9-10-11-12-13-14-15-16-17-21-26(24,25)22(2)19-18-20-23(3,4)5;/h6-21H2,1-5H3;1H/q+1;/p-1. The average molecular weight is 519 g/mol. The summed E-state index contributed by atoms with van der Waals surface area (Å²) in [7, 11) is 5.08. The van der Waals surface area contributed by atoms with Gasteiger partial charge in [0.15, 0.2) is 0 Å². The maximum Gasteiger partial charge on any atom is 0.213 e. The van der Waals surface area contributed by atoms with Crippen LogP contribution in [-0.4, -0.2) is 64.2 Å². The second-order valence-corrected chi connectivity index (χ2v) is 11.1. The Balaban J connectivity index is 0. The first kappa shape index (κ1) is 29.8. The highest BCUT2D eigenvalue weighted by molar-refractivity contribution is 7.89. The van der Waals surface area contributed by atoms with Gasteiger partial charge in [-0.2, -0.15) is 0 Å². The van der Waals surface area contributed by atoms with Crippen molar-refractivity contribution < 1.29 is 36.9 Å². The van der Waals surface area contributed by atoms with Crippen molar-refractivity contribution >= 4 is 10.0 Å². The van der Waals surface area contributed by atoms with Crippen molar-refractivity contribution in [2.24, 2.45) is 0 Å². The summed E-state index contributed by atoms with van der Waals surface area (Å²) in [6.07, 6.45) is 16.1. The van der Waals surface area contributed by atoms with Crippen LogP contribution >= 0.6 is 0 Å². The summed E-state index contributed by atoms with van der Waals surface area (Å²) >= 11 is 0. The second-order valence-electron chi connectivity index (χ2n) is 8.89. The molecule has 0 bridgehead atoms. The lowest BCUT2D eigenvalue weighted by molar-refractivity contribution is -0.870. The lowest BCUT2D eigenvalue weighted by Crippen LogP contribution is -3.00. The predicted molar refractivity (Wildman–Crippen MR) is 115 cm³/mol. The summed E-state index contributed by atoms with van der Waals surface area (Å²) in [5.41, 5.74) is 0. The lowest BCUT2D eigenvalue weighted by Gasteiger charge is -2.25. The topological polar surface area (TPSA) is 37.4 Å². The third-order valence-electron chi connectivity index (χ3n) is 5.03. The van der Waals surface area contributed by atoms with Gasteiger partial charge in [-0.25, -0.2) is 12.7 Å². The summed E-state index contributed by atoms with van der Waals surface area (Å²) in [4.78, 5) is 0. The molecule has 0 aromatic rings. The highest BCUT2D eigenvalue weighted by atomic mass is 127. The van der Waals surface area contributed by atoms with Crippen LogP contribution in [0.3, 0.4) is 0 Å². The van der Waals surface area contributed by atoms with Crippen LogP contribution in [0.25, 0.3) is 0 Å². The maximum absolute atomic E-state index is 12.3. The predicted octanol–water partition coefficient (Wildman–Crippen LogP) is 2.05. The lowest BCUT2D eigenvalue weighted by atomic mass is 10.1. The van der Waals surface area contributed by atoms with E-state index in [4.69, 9.17) is 0 Å². The molecule has 0 aliphatic carbocycles. The van der Waals surface area contributed by atoms with Crippen LogP contribution in [-0.2, 0) is 10.0 Å². The van der Waals surface area contributed by atoms with E-state index in [1.165, 1.54) is 64.2 Å². The number of quaternary nitrogens is 1. The van der Waals surface area contributed by atoms with Crippen molar-refractivity contribution in [3.63, 3.8) is 0 Å². The molecular weight excluding hydrogens is 471 g/mol. The van der Waals surface area contributed by atoms with Gasteiger partial charge in [-0.15, -0.1) is 0 Å². The van der Waals surface area contributed by atoms with Crippen molar-refractivity contribution in [1.82, 2.24) is 4.31 Å². The Kier molecular flexibility index (Phi) is 19.3. The van der Waals surface area contributed by atoms with Crippen LogP contribution in [0, 0.1) is 0 Å². The fraction of sp³-hybridized carbons (Fsp3) is 1.00. The maximum atomic E-state index is 12.3. The van der Waals surface area contributed by atoms with E-state index in [1.807, 2.05) is 0 Å². The van der Waals surface area contributed by atoms with Crippen LogP contribution in [0.1, 0.15) is 90.4 Å². The Morgan fingerprint density at radius 2 is 1.11 bits per heavy atom. The van der Waals surface area contributed by atoms with E-state index in [1.54, 1.807) is 11.4 Å². The van der Waals surface area contributed by atoms with E-state index in [0.717, 1.165) is 30.3 Å². The van der Waals surface area contributed by atoms with E-state index in [2.05, 4.69) is 28.1 Å². The number of halogens is 1. The molecule has 0 aromatic heterocycles. The number of hydrogen-bond acceptors (Lipinski definition) is 2. The largest absolute Gasteiger partial charge is 1.00 e. The zero-order chi connectivity index (χ0) is 19.9. The molecule has 166 valence electrons. The van der Waals surface area contributed by atoms with Crippen molar-refractivity contribution in [1.29, 1.82) is 0 Å². The van der Waals surface area contributed by atoms with Gasteiger partial charge in [-0.3, -0.25) is 0 Å². The summed E-state index contributed by atoms with van der Waals surface area (Å²) in [6.45, 7) is 3.89. The van der Waals surface area contributed by atoms with E-state index in [0.29, 0.717) is 12.3 Å². The van der Waals surface area contributed by atoms with Gasteiger partial charge in [0.1, 0.15) is 0 Å². The molecule has 0 amide bonds. The van der Waals surface area contributed by atoms with Crippen molar-refractivity contribution in [2.75, 3.05) is 47.0 Å². The van der Waals surface area contributed by atoms with Crippen molar-refractivity contribution in [3.05, 3.63) is 0 Å². The Morgan fingerprint density at radius 3 is 1.52 bits per heavy atom.